The van der Waals surface area contributed by atoms with Crippen LogP contribution < -0.4 is 15.4 Å². The van der Waals surface area contributed by atoms with E-state index in [0.717, 1.165) is 18.4 Å². The molecule has 0 aliphatic carbocycles. The molecule has 0 aromatic heterocycles. The average Bonchev–Trinajstić information content (AvgIpc) is 2.69. The Balaban J connectivity index is 1.81. The van der Waals surface area contributed by atoms with Crippen molar-refractivity contribution in [3.63, 3.8) is 0 Å². The highest BCUT2D eigenvalue weighted by molar-refractivity contribution is 7.89. The van der Waals surface area contributed by atoms with E-state index in [9.17, 15) is 18.0 Å². The maximum Gasteiger partial charge on any atom is 0.240 e. The Bertz CT molecular complexity index is 915. The number of nitrogens with one attached hydrogen (secondary N) is 3. The zero-order chi connectivity index (χ0) is 21.1. The monoisotopic (exact) mass is 417 g/mol. The zero-order valence-electron chi connectivity index (χ0n) is 16.5. The van der Waals surface area contributed by atoms with E-state index in [1.807, 2.05) is 37.3 Å². The Morgan fingerprint density at radius 2 is 1.69 bits per heavy atom. The lowest BCUT2D eigenvalue weighted by Crippen LogP contribution is -2.29. The van der Waals surface area contributed by atoms with Gasteiger partial charge < -0.3 is 10.6 Å². The van der Waals surface area contributed by atoms with Crippen molar-refractivity contribution in [3.8, 4) is 0 Å². The van der Waals surface area contributed by atoms with Gasteiger partial charge in [0, 0.05) is 25.2 Å². The summed E-state index contributed by atoms with van der Waals surface area (Å²) in [7, 11) is -3.61. The molecule has 0 fully saturated rings. The third kappa shape index (κ3) is 8.05. The maximum atomic E-state index is 12.3. The van der Waals surface area contributed by atoms with E-state index >= 15 is 0 Å². The molecular formula is C21H27N3O4S. The van der Waals surface area contributed by atoms with Gasteiger partial charge in [-0.2, -0.15) is 0 Å². The van der Waals surface area contributed by atoms with Gasteiger partial charge in [-0.1, -0.05) is 49.7 Å². The number of carbonyl (C=O) groups excluding carboxylic acids is 2. The smallest absolute Gasteiger partial charge is 0.240 e. The van der Waals surface area contributed by atoms with Crippen LogP contribution in [0.15, 0.2) is 59.5 Å². The van der Waals surface area contributed by atoms with Gasteiger partial charge in [0.1, 0.15) is 0 Å². The summed E-state index contributed by atoms with van der Waals surface area (Å²) >= 11 is 0. The minimum atomic E-state index is -3.61. The molecular weight excluding hydrogens is 390 g/mol. The first-order chi connectivity index (χ1) is 13.9. The predicted molar refractivity (Wildman–Crippen MR) is 113 cm³/mol. The Hall–Kier alpha value is -2.71. The van der Waals surface area contributed by atoms with Crippen LogP contribution in [0.1, 0.15) is 31.7 Å². The van der Waals surface area contributed by atoms with Crippen molar-refractivity contribution in [1.82, 2.24) is 10.0 Å². The van der Waals surface area contributed by atoms with Crippen molar-refractivity contribution in [2.75, 3.05) is 18.4 Å². The molecule has 156 valence electrons. The summed E-state index contributed by atoms with van der Waals surface area (Å²) in [4.78, 5) is 24.1. The first kappa shape index (κ1) is 22.6. The third-order valence-electron chi connectivity index (χ3n) is 4.13. The summed E-state index contributed by atoms with van der Waals surface area (Å²) in [5, 5.41) is 5.37. The molecule has 0 spiro atoms. The van der Waals surface area contributed by atoms with E-state index in [2.05, 4.69) is 15.4 Å². The zero-order valence-corrected chi connectivity index (χ0v) is 17.3. The van der Waals surface area contributed by atoms with Gasteiger partial charge >= 0.3 is 0 Å². The standard InChI is InChI=1S/C21H27N3O4S/c1-2-3-13-23-29(27,28)19-11-7-10-18(16-19)24-20(25)12-14-22-21(26)15-17-8-5-4-6-9-17/h4-11,16,23H,2-3,12-15H2,1H3,(H,22,26)(H,24,25). The van der Waals surface area contributed by atoms with Gasteiger partial charge in [-0.15, -0.1) is 0 Å². The number of hydrogen-bond acceptors (Lipinski definition) is 4. The lowest BCUT2D eigenvalue weighted by molar-refractivity contribution is -0.120. The lowest BCUT2D eigenvalue weighted by Gasteiger charge is -2.10. The number of hydrogen-bond donors (Lipinski definition) is 3. The first-order valence-corrected chi connectivity index (χ1v) is 11.1. The van der Waals surface area contributed by atoms with Gasteiger partial charge in [0.25, 0.3) is 0 Å². The number of rotatable bonds is 11. The van der Waals surface area contributed by atoms with Gasteiger partial charge in [0.15, 0.2) is 0 Å². The van der Waals surface area contributed by atoms with E-state index in [4.69, 9.17) is 0 Å². The van der Waals surface area contributed by atoms with Crippen molar-refractivity contribution in [3.05, 3.63) is 60.2 Å². The lowest BCUT2D eigenvalue weighted by atomic mass is 10.1. The molecule has 3 N–H and O–H groups in total. The van der Waals surface area contributed by atoms with Crippen LogP contribution in [-0.2, 0) is 26.0 Å². The van der Waals surface area contributed by atoms with Crippen molar-refractivity contribution in [2.45, 2.75) is 37.5 Å². The Labute approximate surface area is 172 Å². The highest BCUT2D eigenvalue weighted by atomic mass is 32.2. The van der Waals surface area contributed by atoms with Gasteiger partial charge in [-0.25, -0.2) is 13.1 Å². The molecule has 7 nitrogen and oxygen atoms in total. The van der Waals surface area contributed by atoms with Crippen molar-refractivity contribution in [2.24, 2.45) is 0 Å². The Morgan fingerprint density at radius 1 is 0.931 bits per heavy atom. The van der Waals surface area contributed by atoms with E-state index in [1.165, 1.54) is 12.1 Å². The molecule has 0 aliphatic heterocycles. The normalized spacial score (nSPS) is 11.1. The molecule has 2 aromatic rings. The quantitative estimate of drug-likeness (QED) is 0.489. The number of amides is 2. The number of carbonyl (C=O) groups is 2. The molecule has 0 aliphatic rings. The van der Waals surface area contributed by atoms with Crippen LogP contribution in [0, 0.1) is 0 Å². The Kier molecular flexibility index (Phi) is 8.82. The summed E-state index contributed by atoms with van der Waals surface area (Å²) in [6.07, 6.45) is 1.99. The largest absolute Gasteiger partial charge is 0.355 e. The second-order valence-corrected chi connectivity index (χ2v) is 8.36. The highest BCUT2D eigenvalue weighted by Crippen LogP contribution is 2.15. The minimum Gasteiger partial charge on any atom is -0.355 e. The van der Waals surface area contributed by atoms with Crippen LogP contribution in [0.4, 0.5) is 5.69 Å². The number of benzene rings is 2. The molecule has 0 heterocycles. The molecule has 0 atom stereocenters. The molecule has 8 heteroatoms. The summed E-state index contributed by atoms with van der Waals surface area (Å²) in [6, 6.07) is 15.4. The van der Waals surface area contributed by atoms with Crippen LogP contribution in [0.5, 0.6) is 0 Å². The van der Waals surface area contributed by atoms with Gasteiger partial charge in [0.2, 0.25) is 21.8 Å². The van der Waals surface area contributed by atoms with Gasteiger partial charge in [-0.05, 0) is 30.2 Å². The molecule has 2 amide bonds. The fourth-order valence-electron chi connectivity index (χ4n) is 2.59. The molecule has 0 bridgehead atoms. The van der Waals surface area contributed by atoms with Crippen LogP contribution in [0.3, 0.4) is 0 Å². The van der Waals surface area contributed by atoms with Crippen LogP contribution >= 0.6 is 0 Å². The number of sulfonamides is 1. The van der Waals surface area contributed by atoms with E-state index in [0.29, 0.717) is 12.2 Å². The summed E-state index contributed by atoms with van der Waals surface area (Å²) in [5.41, 5.74) is 1.30. The summed E-state index contributed by atoms with van der Waals surface area (Å²) < 4.78 is 27.1. The van der Waals surface area contributed by atoms with Crippen molar-refractivity contribution < 1.29 is 18.0 Å². The fraction of sp³-hybridized carbons (Fsp3) is 0.333. The molecule has 29 heavy (non-hydrogen) atoms. The fourth-order valence-corrected chi connectivity index (χ4v) is 3.71. The van der Waals surface area contributed by atoms with Gasteiger partial charge in [-0.3, -0.25) is 9.59 Å². The van der Waals surface area contributed by atoms with Crippen molar-refractivity contribution >= 4 is 27.5 Å². The van der Waals surface area contributed by atoms with Crippen molar-refractivity contribution in [1.29, 1.82) is 0 Å². The number of unbranched alkanes of at least 4 members (excludes halogenated alkanes) is 1. The van der Waals surface area contributed by atoms with E-state index < -0.39 is 10.0 Å². The highest BCUT2D eigenvalue weighted by Gasteiger charge is 2.14. The van der Waals surface area contributed by atoms with Crippen LogP contribution in [0.2, 0.25) is 0 Å². The first-order valence-electron chi connectivity index (χ1n) is 9.61. The summed E-state index contributed by atoms with van der Waals surface area (Å²) in [5.74, 6) is -0.464. The molecule has 2 aromatic carbocycles. The maximum absolute atomic E-state index is 12.3. The second-order valence-electron chi connectivity index (χ2n) is 6.59. The van der Waals surface area contributed by atoms with Gasteiger partial charge in [0.05, 0.1) is 11.3 Å². The molecule has 0 saturated carbocycles. The van der Waals surface area contributed by atoms with E-state index in [-0.39, 0.29) is 36.1 Å². The molecule has 0 saturated heterocycles. The minimum absolute atomic E-state index is 0.0895. The molecule has 2 rings (SSSR count). The third-order valence-corrected chi connectivity index (χ3v) is 5.59. The summed E-state index contributed by atoms with van der Waals surface area (Å²) in [6.45, 7) is 2.56. The SMILES string of the molecule is CCCCNS(=O)(=O)c1cccc(NC(=O)CCNC(=O)Cc2ccccc2)c1. The Morgan fingerprint density at radius 3 is 2.41 bits per heavy atom. The average molecular weight is 418 g/mol. The van der Waals surface area contributed by atoms with Crippen LogP contribution in [0.25, 0.3) is 0 Å². The molecule has 0 unspecified atom stereocenters. The topological polar surface area (TPSA) is 104 Å². The molecule has 0 radical (unpaired) electrons. The number of anilines is 1. The van der Waals surface area contributed by atoms with E-state index in [1.54, 1.807) is 12.1 Å². The predicted octanol–water partition coefficient (Wildman–Crippen LogP) is 2.45. The van der Waals surface area contributed by atoms with Crippen LogP contribution in [-0.4, -0.2) is 33.3 Å². The second kappa shape index (κ2) is 11.3.